The van der Waals surface area contributed by atoms with Gasteiger partial charge >= 0.3 is 6.18 Å². The van der Waals surface area contributed by atoms with E-state index in [0.717, 1.165) is 24.0 Å². The SMILES string of the molecule is CC(C)[C@@H]1CCc2ccc(C(F)(F)F)cc21. The summed E-state index contributed by atoms with van der Waals surface area (Å²) in [5.74, 6) is 0.696. The van der Waals surface area contributed by atoms with Crippen molar-refractivity contribution in [2.45, 2.75) is 38.8 Å². The summed E-state index contributed by atoms with van der Waals surface area (Å²) in [6, 6.07) is 4.18. The molecule has 3 heteroatoms. The van der Waals surface area contributed by atoms with Crippen molar-refractivity contribution in [3.8, 4) is 0 Å². The van der Waals surface area contributed by atoms with Gasteiger partial charge in [-0.3, -0.25) is 0 Å². The second-order valence-electron chi connectivity index (χ2n) is 4.80. The molecule has 0 aliphatic heterocycles. The quantitative estimate of drug-likeness (QED) is 0.668. The third-order valence-electron chi connectivity index (χ3n) is 3.40. The van der Waals surface area contributed by atoms with Crippen molar-refractivity contribution >= 4 is 0 Å². The first kappa shape index (κ1) is 11.5. The van der Waals surface area contributed by atoms with Gasteiger partial charge in [-0.05, 0) is 47.9 Å². The lowest BCUT2D eigenvalue weighted by Crippen LogP contribution is -2.08. The van der Waals surface area contributed by atoms with Crippen LogP contribution in [0, 0.1) is 5.92 Å². The average Bonchev–Trinajstić information content (AvgIpc) is 2.58. The van der Waals surface area contributed by atoms with Gasteiger partial charge in [0, 0.05) is 0 Å². The molecule has 1 aromatic carbocycles. The van der Waals surface area contributed by atoms with Crippen molar-refractivity contribution in [1.29, 1.82) is 0 Å². The Balaban J connectivity index is 2.41. The van der Waals surface area contributed by atoms with Crippen molar-refractivity contribution in [1.82, 2.24) is 0 Å². The molecule has 0 fully saturated rings. The third-order valence-corrected chi connectivity index (χ3v) is 3.40. The highest BCUT2D eigenvalue weighted by Gasteiger charge is 2.33. The summed E-state index contributed by atoms with van der Waals surface area (Å²) < 4.78 is 37.8. The first-order valence-electron chi connectivity index (χ1n) is 5.59. The molecule has 0 aromatic heterocycles. The lowest BCUT2D eigenvalue weighted by atomic mass is 9.89. The molecule has 0 unspecified atom stereocenters. The molecule has 0 nitrogen and oxygen atoms in total. The van der Waals surface area contributed by atoms with E-state index in [0.29, 0.717) is 5.92 Å². The van der Waals surface area contributed by atoms with Crippen LogP contribution < -0.4 is 0 Å². The van der Waals surface area contributed by atoms with E-state index in [1.165, 1.54) is 12.1 Å². The maximum absolute atomic E-state index is 12.6. The Hall–Kier alpha value is -0.990. The van der Waals surface area contributed by atoms with E-state index < -0.39 is 11.7 Å². The summed E-state index contributed by atoms with van der Waals surface area (Å²) in [6.45, 7) is 4.14. The number of hydrogen-bond acceptors (Lipinski definition) is 0. The normalized spacial score (nSPS) is 20.2. The molecule has 0 saturated heterocycles. The van der Waals surface area contributed by atoms with Gasteiger partial charge in [0.2, 0.25) is 0 Å². The van der Waals surface area contributed by atoms with Gasteiger partial charge in [-0.2, -0.15) is 13.2 Å². The Morgan fingerprint density at radius 1 is 1.25 bits per heavy atom. The monoisotopic (exact) mass is 228 g/mol. The van der Waals surface area contributed by atoms with Crippen LogP contribution >= 0.6 is 0 Å². The van der Waals surface area contributed by atoms with Gasteiger partial charge in [0.05, 0.1) is 5.56 Å². The molecular formula is C13H15F3. The summed E-state index contributed by atoms with van der Waals surface area (Å²) in [5.41, 5.74) is 1.48. The van der Waals surface area contributed by atoms with Crippen LogP contribution in [0.1, 0.15) is 42.9 Å². The maximum atomic E-state index is 12.6. The molecule has 1 atom stereocenters. The van der Waals surface area contributed by atoms with Gasteiger partial charge in [0.1, 0.15) is 0 Å². The van der Waals surface area contributed by atoms with E-state index >= 15 is 0 Å². The van der Waals surface area contributed by atoms with Gasteiger partial charge in [-0.25, -0.2) is 0 Å². The Kier molecular flexibility index (Phi) is 2.72. The molecule has 0 heterocycles. The van der Waals surface area contributed by atoms with Crippen molar-refractivity contribution in [2.24, 2.45) is 5.92 Å². The molecule has 0 N–H and O–H groups in total. The van der Waals surface area contributed by atoms with Gasteiger partial charge in [-0.1, -0.05) is 19.9 Å². The first-order chi connectivity index (χ1) is 7.39. The highest BCUT2D eigenvalue weighted by Crippen LogP contribution is 2.41. The summed E-state index contributed by atoms with van der Waals surface area (Å²) >= 11 is 0. The van der Waals surface area contributed by atoms with Gasteiger partial charge < -0.3 is 0 Å². The molecule has 2 rings (SSSR count). The molecule has 1 aromatic rings. The number of alkyl halides is 3. The number of halogens is 3. The zero-order valence-corrected chi connectivity index (χ0v) is 9.43. The number of hydrogen-bond donors (Lipinski definition) is 0. The maximum Gasteiger partial charge on any atom is 0.416 e. The fourth-order valence-corrected chi connectivity index (χ4v) is 2.50. The molecule has 0 radical (unpaired) electrons. The molecule has 0 saturated carbocycles. The zero-order valence-electron chi connectivity index (χ0n) is 9.43. The van der Waals surface area contributed by atoms with Crippen molar-refractivity contribution < 1.29 is 13.2 Å². The third kappa shape index (κ3) is 1.95. The smallest absolute Gasteiger partial charge is 0.166 e. The van der Waals surface area contributed by atoms with Crippen LogP contribution in [0.15, 0.2) is 18.2 Å². The fraction of sp³-hybridized carbons (Fsp3) is 0.538. The van der Waals surface area contributed by atoms with Gasteiger partial charge in [-0.15, -0.1) is 0 Å². The zero-order chi connectivity index (χ0) is 11.9. The van der Waals surface area contributed by atoms with Crippen LogP contribution in [-0.2, 0) is 12.6 Å². The minimum Gasteiger partial charge on any atom is -0.166 e. The minimum atomic E-state index is -4.22. The van der Waals surface area contributed by atoms with Gasteiger partial charge in [0.25, 0.3) is 0 Å². The van der Waals surface area contributed by atoms with Crippen LogP contribution in [0.5, 0.6) is 0 Å². The lowest BCUT2D eigenvalue weighted by Gasteiger charge is -2.17. The molecule has 0 bridgehead atoms. The van der Waals surface area contributed by atoms with E-state index in [1.807, 2.05) is 0 Å². The number of aryl methyl sites for hydroxylation is 1. The summed E-state index contributed by atoms with van der Waals surface area (Å²) in [6.07, 6.45) is -2.33. The molecule has 16 heavy (non-hydrogen) atoms. The second kappa shape index (κ2) is 3.79. The summed E-state index contributed by atoms with van der Waals surface area (Å²) in [7, 11) is 0. The van der Waals surface area contributed by atoms with E-state index in [2.05, 4.69) is 13.8 Å². The molecule has 88 valence electrons. The van der Waals surface area contributed by atoms with Crippen LogP contribution in [0.3, 0.4) is 0 Å². The lowest BCUT2D eigenvalue weighted by molar-refractivity contribution is -0.137. The van der Waals surface area contributed by atoms with Gasteiger partial charge in [0.15, 0.2) is 0 Å². The minimum absolute atomic E-state index is 0.289. The van der Waals surface area contributed by atoms with E-state index in [1.54, 1.807) is 6.07 Å². The number of benzene rings is 1. The second-order valence-corrected chi connectivity index (χ2v) is 4.80. The molecular weight excluding hydrogens is 213 g/mol. The van der Waals surface area contributed by atoms with E-state index in [9.17, 15) is 13.2 Å². The molecule has 1 aliphatic carbocycles. The highest BCUT2D eigenvalue weighted by molar-refractivity contribution is 5.39. The van der Waals surface area contributed by atoms with Crippen LogP contribution in [0.4, 0.5) is 13.2 Å². The number of rotatable bonds is 1. The Bertz CT molecular complexity index is 391. The molecule has 0 amide bonds. The standard InChI is InChI=1S/C13H15F3/c1-8(2)11-6-4-9-3-5-10(7-12(9)11)13(14,15)16/h3,5,7-8,11H,4,6H2,1-2H3/t11-/m0/s1. The van der Waals surface area contributed by atoms with Crippen LogP contribution in [0.25, 0.3) is 0 Å². The topological polar surface area (TPSA) is 0 Å². The fourth-order valence-electron chi connectivity index (χ4n) is 2.50. The Morgan fingerprint density at radius 3 is 2.50 bits per heavy atom. The van der Waals surface area contributed by atoms with E-state index in [4.69, 9.17) is 0 Å². The van der Waals surface area contributed by atoms with Crippen molar-refractivity contribution in [2.75, 3.05) is 0 Å². The summed E-state index contributed by atoms with van der Waals surface area (Å²) in [5, 5.41) is 0. The van der Waals surface area contributed by atoms with Crippen molar-refractivity contribution in [3.05, 3.63) is 34.9 Å². The molecule has 0 spiro atoms. The molecule has 1 aliphatic rings. The Morgan fingerprint density at radius 2 is 1.94 bits per heavy atom. The first-order valence-corrected chi connectivity index (χ1v) is 5.59. The largest absolute Gasteiger partial charge is 0.416 e. The van der Waals surface area contributed by atoms with Crippen molar-refractivity contribution in [3.63, 3.8) is 0 Å². The van der Waals surface area contributed by atoms with Crippen LogP contribution in [0.2, 0.25) is 0 Å². The average molecular weight is 228 g/mol. The number of fused-ring (bicyclic) bond motifs is 1. The summed E-state index contributed by atoms with van der Waals surface area (Å²) in [4.78, 5) is 0. The van der Waals surface area contributed by atoms with Crippen LogP contribution in [-0.4, -0.2) is 0 Å². The predicted molar refractivity (Wildman–Crippen MR) is 57.3 cm³/mol. The predicted octanol–water partition coefficient (Wildman–Crippen LogP) is 4.39. The Labute approximate surface area is 93.5 Å². The van der Waals surface area contributed by atoms with E-state index in [-0.39, 0.29) is 5.92 Å². The highest BCUT2D eigenvalue weighted by atomic mass is 19.4.